The van der Waals surface area contributed by atoms with Crippen LogP contribution in [0.5, 0.6) is 0 Å². The van der Waals surface area contributed by atoms with Gasteiger partial charge in [0.2, 0.25) is 10.0 Å². The average Bonchev–Trinajstić information content (AvgIpc) is 2.79. The van der Waals surface area contributed by atoms with Crippen molar-refractivity contribution in [2.24, 2.45) is 0 Å². The van der Waals surface area contributed by atoms with E-state index in [0.29, 0.717) is 15.8 Å². The molecule has 2 rings (SSSR count). The summed E-state index contributed by atoms with van der Waals surface area (Å²) in [5, 5.41) is 0.578. The van der Waals surface area contributed by atoms with Crippen LogP contribution in [0, 0.1) is 6.92 Å². The van der Waals surface area contributed by atoms with Crippen LogP contribution in [0.4, 0.5) is 5.69 Å². The molecule has 112 valence electrons. The molecular weight excluding hydrogens is 292 g/mol. The largest absolute Gasteiger partial charge is 0.399 e. The number of nitrogens with two attached hydrogens (primary N) is 1. The van der Waals surface area contributed by atoms with E-state index in [-0.39, 0.29) is 6.04 Å². The van der Waals surface area contributed by atoms with Crippen molar-refractivity contribution < 1.29 is 8.42 Å². The highest BCUT2D eigenvalue weighted by Crippen LogP contribution is 2.31. The first-order chi connectivity index (χ1) is 9.42. The number of hydrogen-bond acceptors (Lipinski definition) is 4. The summed E-state index contributed by atoms with van der Waals surface area (Å²) >= 11 is 1.92. The smallest absolute Gasteiger partial charge is 0.241 e. The zero-order chi connectivity index (χ0) is 14.8. The SMILES string of the molecule is CCSC1CCC(NS(=O)(=O)c2cc(N)ccc2C)C1. The van der Waals surface area contributed by atoms with Gasteiger partial charge in [-0.25, -0.2) is 13.1 Å². The maximum atomic E-state index is 12.5. The monoisotopic (exact) mass is 314 g/mol. The first-order valence-electron chi connectivity index (χ1n) is 6.92. The van der Waals surface area contributed by atoms with Crippen LogP contribution in [-0.4, -0.2) is 25.5 Å². The lowest BCUT2D eigenvalue weighted by atomic mass is 10.2. The van der Waals surface area contributed by atoms with Gasteiger partial charge >= 0.3 is 0 Å². The van der Waals surface area contributed by atoms with Gasteiger partial charge in [-0.3, -0.25) is 0 Å². The van der Waals surface area contributed by atoms with Crippen molar-refractivity contribution in [2.45, 2.75) is 49.3 Å². The van der Waals surface area contributed by atoms with Gasteiger partial charge in [0.05, 0.1) is 4.90 Å². The second-order valence-corrected chi connectivity index (χ2v) is 8.49. The minimum atomic E-state index is -3.47. The van der Waals surface area contributed by atoms with Crippen molar-refractivity contribution in [1.82, 2.24) is 4.72 Å². The van der Waals surface area contributed by atoms with E-state index in [9.17, 15) is 8.42 Å². The summed E-state index contributed by atoms with van der Waals surface area (Å²) in [6.07, 6.45) is 2.92. The van der Waals surface area contributed by atoms with Crippen LogP contribution in [0.15, 0.2) is 23.1 Å². The molecule has 1 aliphatic carbocycles. The minimum Gasteiger partial charge on any atom is -0.399 e. The Morgan fingerprint density at radius 3 is 2.85 bits per heavy atom. The highest BCUT2D eigenvalue weighted by atomic mass is 32.2. The van der Waals surface area contributed by atoms with Crippen LogP contribution in [-0.2, 0) is 10.0 Å². The number of sulfonamides is 1. The first-order valence-corrected chi connectivity index (χ1v) is 9.45. The average molecular weight is 314 g/mol. The van der Waals surface area contributed by atoms with Gasteiger partial charge in [-0.15, -0.1) is 0 Å². The number of aryl methyl sites for hydroxylation is 1. The fourth-order valence-corrected chi connectivity index (χ4v) is 5.33. The lowest BCUT2D eigenvalue weighted by Crippen LogP contribution is -2.33. The Bertz CT molecular complexity index is 573. The Hall–Kier alpha value is -0.720. The zero-order valence-corrected chi connectivity index (χ0v) is 13.6. The van der Waals surface area contributed by atoms with Gasteiger partial charge in [0.25, 0.3) is 0 Å². The zero-order valence-electron chi connectivity index (χ0n) is 11.9. The molecule has 20 heavy (non-hydrogen) atoms. The molecule has 0 amide bonds. The number of anilines is 1. The summed E-state index contributed by atoms with van der Waals surface area (Å²) in [7, 11) is -3.47. The topological polar surface area (TPSA) is 72.2 Å². The van der Waals surface area contributed by atoms with E-state index < -0.39 is 10.0 Å². The Morgan fingerprint density at radius 1 is 1.40 bits per heavy atom. The molecule has 4 nitrogen and oxygen atoms in total. The molecule has 6 heteroatoms. The van der Waals surface area contributed by atoms with Crippen molar-refractivity contribution in [3.63, 3.8) is 0 Å². The van der Waals surface area contributed by atoms with Gasteiger partial charge in [0.1, 0.15) is 0 Å². The molecule has 1 aromatic carbocycles. The van der Waals surface area contributed by atoms with Crippen LogP contribution in [0.1, 0.15) is 31.7 Å². The van der Waals surface area contributed by atoms with Crippen molar-refractivity contribution in [1.29, 1.82) is 0 Å². The molecule has 1 aromatic rings. The Morgan fingerprint density at radius 2 is 2.15 bits per heavy atom. The number of hydrogen-bond donors (Lipinski definition) is 2. The fraction of sp³-hybridized carbons (Fsp3) is 0.571. The maximum Gasteiger partial charge on any atom is 0.241 e. The van der Waals surface area contributed by atoms with Crippen LogP contribution >= 0.6 is 11.8 Å². The summed E-state index contributed by atoms with van der Waals surface area (Å²) in [5.74, 6) is 1.08. The first kappa shape index (κ1) is 15.7. The predicted molar refractivity (Wildman–Crippen MR) is 85.5 cm³/mol. The van der Waals surface area contributed by atoms with E-state index in [1.54, 1.807) is 19.1 Å². The van der Waals surface area contributed by atoms with Crippen LogP contribution in [0.3, 0.4) is 0 Å². The standard InChI is InChI=1S/C14H22N2O2S2/c1-3-19-13-7-6-12(9-13)16-20(17,18)14-8-11(15)5-4-10(14)2/h4-5,8,12-13,16H,3,6-7,9,15H2,1-2H3. The van der Waals surface area contributed by atoms with Gasteiger partial charge in [-0.05, 0) is 49.6 Å². The molecule has 0 aromatic heterocycles. The summed E-state index contributed by atoms with van der Waals surface area (Å²) in [6, 6.07) is 5.04. The van der Waals surface area contributed by atoms with E-state index in [2.05, 4.69) is 11.6 Å². The second-order valence-electron chi connectivity index (χ2n) is 5.23. The lowest BCUT2D eigenvalue weighted by molar-refractivity contribution is 0.552. The lowest BCUT2D eigenvalue weighted by Gasteiger charge is -2.15. The van der Waals surface area contributed by atoms with Crippen molar-refractivity contribution in [3.8, 4) is 0 Å². The van der Waals surface area contributed by atoms with E-state index in [4.69, 9.17) is 5.73 Å². The summed E-state index contributed by atoms with van der Waals surface area (Å²) < 4.78 is 27.7. The minimum absolute atomic E-state index is 0.0462. The molecule has 0 radical (unpaired) electrons. The third-order valence-electron chi connectivity index (χ3n) is 3.61. The maximum absolute atomic E-state index is 12.5. The number of nitrogen functional groups attached to an aromatic ring is 1. The predicted octanol–water partition coefficient (Wildman–Crippen LogP) is 2.53. The summed E-state index contributed by atoms with van der Waals surface area (Å²) in [4.78, 5) is 0.295. The molecule has 2 unspecified atom stereocenters. The molecule has 1 fully saturated rings. The van der Waals surface area contributed by atoms with Gasteiger partial charge in [0.15, 0.2) is 0 Å². The van der Waals surface area contributed by atoms with Gasteiger partial charge in [-0.1, -0.05) is 13.0 Å². The number of benzene rings is 1. The molecular formula is C14H22N2O2S2. The van der Waals surface area contributed by atoms with Crippen molar-refractivity contribution in [3.05, 3.63) is 23.8 Å². The molecule has 1 aliphatic rings. The van der Waals surface area contributed by atoms with E-state index in [1.165, 1.54) is 6.07 Å². The number of rotatable bonds is 5. The highest BCUT2D eigenvalue weighted by Gasteiger charge is 2.29. The van der Waals surface area contributed by atoms with Crippen LogP contribution < -0.4 is 10.5 Å². The third kappa shape index (κ3) is 3.68. The third-order valence-corrected chi connectivity index (χ3v) is 6.51. The quantitative estimate of drug-likeness (QED) is 0.819. The Kier molecular flexibility index (Phi) is 4.99. The van der Waals surface area contributed by atoms with Crippen molar-refractivity contribution >= 4 is 27.5 Å². The van der Waals surface area contributed by atoms with Gasteiger partial charge in [-0.2, -0.15) is 11.8 Å². The second kappa shape index (κ2) is 6.37. The van der Waals surface area contributed by atoms with E-state index in [1.807, 2.05) is 11.8 Å². The number of thioether (sulfide) groups is 1. The van der Waals surface area contributed by atoms with Crippen molar-refractivity contribution in [2.75, 3.05) is 11.5 Å². The Balaban J connectivity index is 2.10. The highest BCUT2D eigenvalue weighted by molar-refractivity contribution is 7.99. The van der Waals surface area contributed by atoms with Crippen LogP contribution in [0.25, 0.3) is 0 Å². The summed E-state index contributed by atoms with van der Waals surface area (Å²) in [5.41, 5.74) is 6.90. The molecule has 0 aliphatic heterocycles. The molecule has 2 atom stereocenters. The Labute approximate surface area is 125 Å². The molecule has 3 N–H and O–H groups in total. The molecule has 0 saturated heterocycles. The molecule has 0 heterocycles. The van der Waals surface area contributed by atoms with Gasteiger partial charge < -0.3 is 5.73 Å². The number of nitrogens with one attached hydrogen (secondary N) is 1. The van der Waals surface area contributed by atoms with Gasteiger partial charge in [0, 0.05) is 17.0 Å². The van der Waals surface area contributed by atoms with Crippen LogP contribution in [0.2, 0.25) is 0 Å². The summed E-state index contributed by atoms with van der Waals surface area (Å²) in [6.45, 7) is 3.93. The molecule has 0 bridgehead atoms. The van der Waals surface area contributed by atoms with E-state index >= 15 is 0 Å². The van der Waals surface area contributed by atoms with E-state index in [0.717, 1.165) is 30.6 Å². The fourth-order valence-electron chi connectivity index (χ4n) is 2.62. The molecule has 0 spiro atoms. The normalized spacial score (nSPS) is 23.1. The molecule has 1 saturated carbocycles.